The van der Waals surface area contributed by atoms with Gasteiger partial charge >= 0.3 is 0 Å². The maximum absolute atomic E-state index is 5.77. The van der Waals surface area contributed by atoms with Crippen LogP contribution in [0.3, 0.4) is 0 Å². The lowest BCUT2D eigenvalue weighted by molar-refractivity contribution is 0.313. The van der Waals surface area contributed by atoms with Crippen molar-refractivity contribution < 1.29 is 4.74 Å². The molecule has 0 spiro atoms. The molecule has 0 unspecified atom stereocenters. The van der Waals surface area contributed by atoms with E-state index < -0.39 is 0 Å². The van der Waals surface area contributed by atoms with E-state index >= 15 is 0 Å². The van der Waals surface area contributed by atoms with Crippen LogP contribution in [0.1, 0.15) is 32.8 Å². The first-order chi connectivity index (χ1) is 8.87. The van der Waals surface area contributed by atoms with Crippen LogP contribution in [-0.2, 0) is 0 Å². The van der Waals surface area contributed by atoms with E-state index in [9.17, 15) is 0 Å². The molecule has 1 rings (SSSR count). The fourth-order valence-electron chi connectivity index (χ4n) is 1.51. The average Bonchev–Trinajstić information content (AvgIpc) is 2.29. The third-order valence-corrected chi connectivity index (χ3v) is 2.38. The van der Waals surface area contributed by atoms with E-state index in [4.69, 9.17) is 10.5 Å². The molecular formula is C15H25N3O. The fraction of sp³-hybridized carbons (Fsp3) is 0.533. The first kappa shape index (κ1) is 15.3. The fourth-order valence-corrected chi connectivity index (χ4v) is 1.51. The highest BCUT2D eigenvalue weighted by molar-refractivity contribution is 5.78. The van der Waals surface area contributed by atoms with E-state index in [1.54, 1.807) is 0 Å². The molecule has 0 saturated heterocycles. The first-order valence-corrected chi connectivity index (χ1v) is 6.64. The second-order valence-corrected chi connectivity index (χ2v) is 5.66. The topological polar surface area (TPSA) is 59.6 Å². The van der Waals surface area contributed by atoms with Crippen LogP contribution >= 0.6 is 0 Å². The molecule has 106 valence electrons. The van der Waals surface area contributed by atoms with Gasteiger partial charge in [0, 0.05) is 18.5 Å². The number of ether oxygens (including phenoxy) is 1. The molecule has 1 aromatic carbocycles. The molecule has 0 radical (unpaired) electrons. The number of hydrogen-bond acceptors (Lipinski definition) is 2. The Morgan fingerprint density at radius 3 is 2.47 bits per heavy atom. The number of nitrogens with zero attached hydrogens (tertiary/aromatic N) is 1. The van der Waals surface area contributed by atoms with Gasteiger partial charge in [-0.25, -0.2) is 0 Å². The lowest BCUT2D eigenvalue weighted by Gasteiger charge is -2.20. The average molecular weight is 263 g/mol. The molecule has 0 aliphatic heterocycles. The van der Waals surface area contributed by atoms with Gasteiger partial charge in [0.15, 0.2) is 5.96 Å². The van der Waals surface area contributed by atoms with Crippen molar-refractivity contribution in [2.75, 3.05) is 13.2 Å². The summed E-state index contributed by atoms with van der Waals surface area (Å²) in [6.45, 7) is 9.53. The van der Waals surface area contributed by atoms with Gasteiger partial charge in [-0.1, -0.05) is 17.7 Å². The summed E-state index contributed by atoms with van der Waals surface area (Å²) >= 11 is 0. The van der Waals surface area contributed by atoms with Crippen LogP contribution in [0, 0.1) is 6.92 Å². The minimum Gasteiger partial charge on any atom is -0.494 e. The quantitative estimate of drug-likeness (QED) is 0.487. The lowest BCUT2D eigenvalue weighted by atomic mass is 10.1. The molecule has 1 aromatic rings. The molecule has 0 amide bonds. The summed E-state index contributed by atoms with van der Waals surface area (Å²) in [6, 6.07) is 8.04. The van der Waals surface area contributed by atoms with Crippen LogP contribution in [0.25, 0.3) is 0 Å². The molecule has 0 saturated carbocycles. The van der Waals surface area contributed by atoms with Crippen molar-refractivity contribution in [2.24, 2.45) is 10.7 Å². The van der Waals surface area contributed by atoms with Crippen LogP contribution in [0.2, 0.25) is 0 Å². The summed E-state index contributed by atoms with van der Waals surface area (Å²) < 4.78 is 5.61. The zero-order chi connectivity index (χ0) is 14.3. The molecule has 19 heavy (non-hydrogen) atoms. The van der Waals surface area contributed by atoms with Gasteiger partial charge in [0.05, 0.1) is 6.61 Å². The van der Waals surface area contributed by atoms with Crippen LogP contribution in [0.4, 0.5) is 0 Å². The van der Waals surface area contributed by atoms with Gasteiger partial charge in [0.2, 0.25) is 0 Å². The van der Waals surface area contributed by atoms with Gasteiger partial charge in [-0.3, -0.25) is 4.99 Å². The number of guanidine groups is 1. The highest BCUT2D eigenvalue weighted by Gasteiger charge is 2.09. The maximum Gasteiger partial charge on any atom is 0.188 e. The van der Waals surface area contributed by atoms with Crippen LogP contribution < -0.4 is 15.8 Å². The molecule has 0 aliphatic carbocycles. The van der Waals surface area contributed by atoms with E-state index in [0.29, 0.717) is 19.1 Å². The Hall–Kier alpha value is -1.71. The van der Waals surface area contributed by atoms with Crippen LogP contribution in [0.15, 0.2) is 29.3 Å². The summed E-state index contributed by atoms with van der Waals surface area (Å²) in [4.78, 5) is 4.26. The molecule has 4 nitrogen and oxygen atoms in total. The number of hydrogen-bond donors (Lipinski definition) is 2. The van der Waals surface area contributed by atoms with E-state index in [1.807, 2.05) is 24.3 Å². The maximum atomic E-state index is 5.77. The molecule has 0 fully saturated rings. The van der Waals surface area contributed by atoms with E-state index in [-0.39, 0.29) is 5.54 Å². The minimum atomic E-state index is -0.0496. The molecule has 0 heterocycles. The summed E-state index contributed by atoms with van der Waals surface area (Å²) in [5, 5.41) is 3.12. The summed E-state index contributed by atoms with van der Waals surface area (Å²) in [5.74, 6) is 1.39. The largest absolute Gasteiger partial charge is 0.494 e. The van der Waals surface area contributed by atoms with Gasteiger partial charge in [-0.15, -0.1) is 0 Å². The lowest BCUT2D eigenvalue weighted by Crippen LogP contribution is -2.45. The Balaban J connectivity index is 2.20. The zero-order valence-electron chi connectivity index (χ0n) is 12.4. The Morgan fingerprint density at radius 2 is 1.89 bits per heavy atom. The Labute approximate surface area is 116 Å². The molecule has 3 N–H and O–H groups in total. The second kappa shape index (κ2) is 7.02. The van der Waals surface area contributed by atoms with Gasteiger partial charge in [0.1, 0.15) is 5.75 Å². The third-order valence-electron chi connectivity index (χ3n) is 2.38. The van der Waals surface area contributed by atoms with Crippen molar-refractivity contribution in [3.8, 4) is 5.75 Å². The van der Waals surface area contributed by atoms with E-state index in [0.717, 1.165) is 12.2 Å². The van der Waals surface area contributed by atoms with Crippen LogP contribution in [-0.4, -0.2) is 24.7 Å². The van der Waals surface area contributed by atoms with Gasteiger partial charge < -0.3 is 15.8 Å². The number of nitrogens with one attached hydrogen (secondary N) is 1. The van der Waals surface area contributed by atoms with Gasteiger partial charge in [0.25, 0.3) is 0 Å². The molecule has 0 atom stereocenters. The highest BCUT2D eigenvalue weighted by Crippen LogP contribution is 2.11. The molecule has 0 aliphatic rings. The molecule has 4 heteroatoms. The number of rotatable bonds is 5. The van der Waals surface area contributed by atoms with Crippen molar-refractivity contribution in [1.29, 1.82) is 0 Å². The second-order valence-electron chi connectivity index (χ2n) is 5.66. The number of nitrogens with two attached hydrogens (primary N) is 1. The van der Waals surface area contributed by atoms with Crippen molar-refractivity contribution in [3.63, 3.8) is 0 Å². The van der Waals surface area contributed by atoms with Crippen molar-refractivity contribution in [1.82, 2.24) is 5.32 Å². The van der Waals surface area contributed by atoms with Crippen molar-refractivity contribution >= 4 is 5.96 Å². The molecular weight excluding hydrogens is 238 g/mol. The standard InChI is InChI=1S/C15H25N3O/c1-12-6-8-13(9-7-12)19-11-5-10-17-14(16)18-15(2,3)4/h6-9H,5,10-11H2,1-4H3,(H3,16,17,18). The summed E-state index contributed by atoms with van der Waals surface area (Å²) in [6.07, 6.45) is 0.848. The Kier molecular flexibility index (Phi) is 5.67. The van der Waals surface area contributed by atoms with E-state index in [2.05, 4.69) is 38.0 Å². The summed E-state index contributed by atoms with van der Waals surface area (Å²) in [5.41, 5.74) is 6.95. The highest BCUT2D eigenvalue weighted by atomic mass is 16.5. The van der Waals surface area contributed by atoms with Crippen molar-refractivity contribution in [3.05, 3.63) is 29.8 Å². The first-order valence-electron chi connectivity index (χ1n) is 6.64. The molecule has 0 aromatic heterocycles. The normalized spacial score (nSPS) is 12.3. The Morgan fingerprint density at radius 1 is 1.26 bits per heavy atom. The monoisotopic (exact) mass is 263 g/mol. The SMILES string of the molecule is Cc1ccc(OCCCN=C(N)NC(C)(C)C)cc1. The van der Waals surface area contributed by atoms with Gasteiger partial charge in [-0.05, 0) is 39.8 Å². The number of benzene rings is 1. The number of aryl methyl sites for hydroxylation is 1. The number of aliphatic imine (C=N–C) groups is 1. The smallest absolute Gasteiger partial charge is 0.188 e. The van der Waals surface area contributed by atoms with Gasteiger partial charge in [-0.2, -0.15) is 0 Å². The predicted octanol–water partition coefficient (Wildman–Crippen LogP) is 2.47. The Bertz CT molecular complexity index is 404. The van der Waals surface area contributed by atoms with Crippen LogP contribution in [0.5, 0.6) is 5.75 Å². The van der Waals surface area contributed by atoms with E-state index in [1.165, 1.54) is 5.56 Å². The molecule has 0 bridgehead atoms. The predicted molar refractivity (Wildman–Crippen MR) is 80.7 cm³/mol. The van der Waals surface area contributed by atoms with Crippen molar-refractivity contribution in [2.45, 2.75) is 39.7 Å². The summed E-state index contributed by atoms with van der Waals surface area (Å²) in [7, 11) is 0. The zero-order valence-corrected chi connectivity index (χ0v) is 12.4. The third kappa shape index (κ3) is 7.34. The minimum absolute atomic E-state index is 0.0496.